The van der Waals surface area contributed by atoms with Crippen molar-refractivity contribution >= 4 is 29.3 Å². The minimum atomic E-state index is -0.609. The molecule has 6 heteroatoms. The summed E-state index contributed by atoms with van der Waals surface area (Å²) in [6.45, 7) is 2.88. The van der Waals surface area contributed by atoms with Crippen molar-refractivity contribution < 1.29 is 4.79 Å². The average Bonchev–Trinajstić information content (AvgIpc) is 3.26. The molecule has 0 aliphatic heterocycles. The number of rotatable bonds is 8. The first-order valence-electron chi connectivity index (χ1n) is 6.88. The maximum atomic E-state index is 12.0. The first-order chi connectivity index (χ1) is 9.58. The van der Waals surface area contributed by atoms with Crippen molar-refractivity contribution in [1.29, 1.82) is 0 Å². The Labute approximate surface area is 128 Å². The quantitative estimate of drug-likeness (QED) is 0.723. The number of carbonyl (C=O) groups excluding carboxylic acids is 1. The van der Waals surface area contributed by atoms with Gasteiger partial charge in [0.15, 0.2) is 0 Å². The van der Waals surface area contributed by atoms with Gasteiger partial charge in [-0.1, -0.05) is 18.5 Å². The van der Waals surface area contributed by atoms with E-state index in [4.69, 9.17) is 17.3 Å². The summed E-state index contributed by atoms with van der Waals surface area (Å²) >= 11 is 7.37. The number of amides is 1. The molecule has 1 aromatic rings. The number of hydrogen-bond donors (Lipinski definition) is 2. The maximum Gasteiger partial charge on any atom is 0.238 e. The largest absolute Gasteiger partial charge is 0.368 e. The van der Waals surface area contributed by atoms with E-state index in [0.29, 0.717) is 16.7 Å². The molecule has 2 rings (SSSR count). The van der Waals surface area contributed by atoms with Crippen LogP contribution in [-0.4, -0.2) is 28.7 Å². The van der Waals surface area contributed by atoms with Crippen LogP contribution in [0.4, 0.5) is 0 Å². The highest BCUT2D eigenvalue weighted by atomic mass is 35.5. The lowest BCUT2D eigenvalue weighted by Gasteiger charge is -2.31. The molecule has 4 nitrogen and oxygen atoms in total. The molecule has 1 atom stereocenters. The monoisotopic (exact) mass is 313 g/mol. The molecule has 1 aliphatic carbocycles. The minimum Gasteiger partial charge on any atom is -0.368 e. The lowest BCUT2D eigenvalue weighted by atomic mass is 9.94. The summed E-state index contributed by atoms with van der Waals surface area (Å²) in [4.78, 5) is 16.2. The zero-order valence-corrected chi connectivity index (χ0v) is 13.1. The first kappa shape index (κ1) is 15.6. The Hall–Kier alpha value is -0.780. The zero-order valence-electron chi connectivity index (χ0n) is 11.6. The molecule has 0 radical (unpaired) electrons. The Kier molecular flexibility index (Phi) is 5.29. The SMILES string of the molecule is CCCNC(CSc1ccc(Cl)cn1)(C(N)=O)C1CC1. The second-order valence-corrected chi connectivity index (χ2v) is 6.57. The maximum absolute atomic E-state index is 12.0. The van der Waals surface area contributed by atoms with E-state index >= 15 is 0 Å². The second-order valence-electron chi connectivity index (χ2n) is 5.14. The summed E-state index contributed by atoms with van der Waals surface area (Å²) in [5, 5.41) is 4.85. The number of carbonyl (C=O) groups is 1. The van der Waals surface area contributed by atoms with Crippen LogP contribution in [0.3, 0.4) is 0 Å². The van der Waals surface area contributed by atoms with E-state index in [1.807, 2.05) is 6.07 Å². The van der Waals surface area contributed by atoms with E-state index in [1.165, 1.54) is 0 Å². The summed E-state index contributed by atoms with van der Waals surface area (Å²) in [5.74, 6) is 0.711. The third-order valence-electron chi connectivity index (χ3n) is 3.55. The van der Waals surface area contributed by atoms with Gasteiger partial charge in [-0.2, -0.15) is 0 Å². The molecule has 1 aromatic heterocycles. The highest BCUT2D eigenvalue weighted by Crippen LogP contribution is 2.42. The van der Waals surface area contributed by atoms with E-state index in [2.05, 4.69) is 17.2 Å². The summed E-state index contributed by atoms with van der Waals surface area (Å²) < 4.78 is 0. The van der Waals surface area contributed by atoms with Crippen molar-refractivity contribution in [1.82, 2.24) is 10.3 Å². The van der Waals surface area contributed by atoms with Crippen molar-refractivity contribution in [2.45, 2.75) is 36.8 Å². The van der Waals surface area contributed by atoms with Gasteiger partial charge in [-0.25, -0.2) is 4.98 Å². The van der Waals surface area contributed by atoms with Gasteiger partial charge in [-0.3, -0.25) is 4.79 Å². The van der Waals surface area contributed by atoms with E-state index < -0.39 is 5.54 Å². The molecule has 1 saturated carbocycles. The Balaban J connectivity index is 2.06. The molecule has 1 amide bonds. The number of aromatic nitrogens is 1. The highest BCUT2D eigenvalue weighted by molar-refractivity contribution is 7.99. The number of pyridine rings is 1. The van der Waals surface area contributed by atoms with E-state index in [0.717, 1.165) is 30.8 Å². The zero-order chi connectivity index (χ0) is 14.6. The van der Waals surface area contributed by atoms with Crippen LogP contribution in [-0.2, 0) is 4.79 Å². The summed E-state index contributed by atoms with van der Waals surface area (Å²) in [7, 11) is 0. The van der Waals surface area contributed by atoms with Gasteiger partial charge in [0.05, 0.1) is 10.0 Å². The number of thioether (sulfide) groups is 1. The third kappa shape index (κ3) is 3.65. The van der Waals surface area contributed by atoms with Crippen molar-refractivity contribution in [2.24, 2.45) is 11.7 Å². The van der Waals surface area contributed by atoms with Crippen molar-refractivity contribution in [3.63, 3.8) is 0 Å². The molecule has 1 aliphatic rings. The van der Waals surface area contributed by atoms with Gasteiger partial charge in [0, 0.05) is 11.9 Å². The van der Waals surface area contributed by atoms with Gasteiger partial charge in [-0.05, 0) is 43.9 Å². The molecule has 0 saturated heterocycles. The number of primary amides is 1. The molecular formula is C14H20ClN3OS. The highest BCUT2D eigenvalue weighted by Gasteiger charge is 2.49. The number of nitrogens with zero attached hydrogens (tertiary/aromatic N) is 1. The lowest BCUT2D eigenvalue weighted by molar-refractivity contribution is -0.124. The Bertz CT molecular complexity index is 464. The normalized spacial score (nSPS) is 17.7. The fraction of sp³-hybridized carbons (Fsp3) is 0.571. The second kappa shape index (κ2) is 6.78. The fourth-order valence-corrected chi connectivity index (χ4v) is 3.49. The molecule has 1 heterocycles. The number of hydrogen-bond acceptors (Lipinski definition) is 4. The molecule has 1 unspecified atom stereocenters. The lowest BCUT2D eigenvalue weighted by Crippen LogP contribution is -2.59. The van der Waals surface area contributed by atoms with Crippen LogP contribution in [0.2, 0.25) is 5.02 Å². The number of halogens is 1. The van der Waals surface area contributed by atoms with Crippen LogP contribution in [0.5, 0.6) is 0 Å². The smallest absolute Gasteiger partial charge is 0.238 e. The summed E-state index contributed by atoms with van der Waals surface area (Å²) in [5.41, 5.74) is 5.08. The predicted octanol–water partition coefficient (Wildman–Crippen LogP) is 2.46. The van der Waals surface area contributed by atoms with Crippen LogP contribution in [0.1, 0.15) is 26.2 Å². The van der Waals surface area contributed by atoms with E-state index in [-0.39, 0.29) is 5.91 Å². The van der Waals surface area contributed by atoms with Crippen LogP contribution >= 0.6 is 23.4 Å². The Morgan fingerprint density at radius 3 is 2.85 bits per heavy atom. The minimum absolute atomic E-state index is 0.255. The molecule has 0 bridgehead atoms. The topological polar surface area (TPSA) is 68.0 Å². The van der Waals surface area contributed by atoms with E-state index in [9.17, 15) is 4.79 Å². The van der Waals surface area contributed by atoms with Gasteiger partial charge in [0.2, 0.25) is 5.91 Å². The van der Waals surface area contributed by atoms with Crippen molar-refractivity contribution in [2.75, 3.05) is 12.3 Å². The van der Waals surface area contributed by atoms with Gasteiger partial charge in [-0.15, -0.1) is 11.8 Å². The average molecular weight is 314 g/mol. The Morgan fingerprint density at radius 1 is 1.60 bits per heavy atom. The molecule has 20 heavy (non-hydrogen) atoms. The predicted molar refractivity (Wildman–Crippen MR) is 82.9 cm³/mol. The summed E-state index contributed by atoms with van der Waals surface area (Å²) in [6, 6.07) is 3.67. The first-order valence-corrected chi connectivity index (χ1v) is 8.24. The number of nitrogens with two attached hydrogens (primary N) is 1. The van der Waals surface area contributed by atoms with Crippen LogP contribution < -0.4 is 11.1 Å². The van der Waals surface area contributed by atoms with Crippen molar-refractivity contribution in [3.8, 4) is 0 Å². The Morgan fingerprint density at radius 2 is 2.35 bits per heavy atom. The molecule has 0 aromatic carbocycles. The molecule has 110 valence electrons. The standard InChI is InChI=1S/C14H20ClN3OS/c1-2-7-18-14(13(16)19,10-3-4-10)9-20-12-6-5-11(15)8-17-12/h5-6,8,10,18H,2-4,7,9H2,1H3,(H2,16,19). The third-order valence-corrected chi connectivity index (χ3v) is 4.91. The van der Waals surface area contributed by atoms with Gasteiger partial charge >= 0.3 is 0 Å². The van der Waals surface area contributed by atoms with Gasteiger partial charge < -0.3 is 11.1 Å². The van der Waals surface area contributed by atoms with E-state index in [1.54, 1.807) is 24.0 Å². The number of nitrogens with one attached hydrogen (secondary N) is 1. The van der Waals surface area contributed by atoms with Crippen LogP contribution in [0.15, 0.2) is 23.4 Å². The van der Waals surface area contributed by atoms with Gasteiger partial charge in [0.1, 0.15) is 5.54 Å². The fourth-order valence-electron chi connectivity index (χ4n) is 2.23. The molecule has 0 spiro atoms. The van der Waals surface area contributed by atoms with Crippen molar-refractivity contribution in [3.05, 3.63) is 23.4 Å². The molecular weight excluding hydrogens is 294 g/mol. The van der Waals surface area contributed by atoms with Crippen LogP contribution in [0.25, 0.3) is 0 Å². The molecule has 1 fully saturated rings. The molecule has 3 N–H and O–H groups in total. The van der Waals surface area contributed by atoms with Gasteiger partial charge in [0.25, 0.3) is 0 Å². The van der Waals surface area contributed by atoms with Crippen LogP contribution in [0, 0.1) is 5.92 Å². The summed E-state index contributed by atoms with van der Waals surface area (Å²) in [6.07, 6.45) is 4.72.